The number of likely N-dealkylation sites (N-methyl/N-ethyl adjacent to an activating group) is 1. The van der Waals surface area contributed by atoms with E-state index in [4.69, 9.17) is 4.74 Å². The van der Waals surface area contributed by atoms with Crippen molar-refractivity contribution in [2.75, 3.05) is 32.7 Å². The Labute approximate surface area is 158 Å². The first-order valence-electron chi connectivity index (χ1n) is 9.38. The zero-order valence-electron chi connectivity index (χ0n) is 15.4. The Morgan fingerprint density at radius 2 is 2.11 bits per heavy atom. The highest BCUT2D eigenvalue weighted by Gasteiger charge is 2.31. The summed E-state index contributed by atoms with van der Waals surface area (Å²) in [6, 6.07) is 6.73. The van der Waals surface area contributed by atoms with Crippen molar-refractivity contribution >= 4 is 11.9 Å². The van der Waals surface area contributed by atoms with Gasteiger partial charge in [0.15, 0.2) is 5.76 Å². The summed E-state index contributed by atoms with van der Waals surface area (Å²) in [6.45, 7) is 7.85. The van der Waals surface area contributed by atoms with Crippen molar-refractivity contribution in [1.82, 2.24) is 9.88 Å². The van der Waals surface area contributed by atoms with Gasteiger partial charge in [-0.2, -0.15) is 0 Å². The summed E-state index contributed by atoms with van der Waals surface area (Å²) >= 11 is 0. The summed E-state index contributed by atoms with van der Waals surface area (Å²) < 4.78 is 5.88. The third-order valence-corrected chi connectivity index (χ3v) is 5.32. The summed E-state index contributed by atoms with van der Waals surface area (Å²) in [5, 5.41) is 12.5. The zero-order chi connectivity index (χ0) is 18.8. The molecule has 1 saturated heterocycles. The molecule has 0 bridgehead atoms. The maximum atomic E-state index is 12.7. The summed E-state index contributed by atoms with van der Waals surface area (Å²) in [7, 11) is 0. The quantitative estimate of drug-likeness (QED) is 0.799. The number of aromatic nitrogens is 1. The van der Waals surface area contributed by atoms with E-state index in [1.165, 1.54) is 11.0 Å². The van der Waals surface area contributed by atoms with Gasteiger partial charge in [0.1, 0.15) is 12.3 Å². The molecule has 0 aliphatic carbocycles. The van der Waals surface area contributed by atoms with Crippen LogP contribution in [0.2, 0.25) is 0 Å². The zero-order valence-corrected chi connectivity index (χ0v) is 15.4. The number of quaternary nitrogens is 1. The second-order valence-corrected chi connectivity index (χ2v) is 7.01. The average Bonchev–Trinajstić information content (AvgIpc) is 3.01. The maximum absolute atomic E-state index is 12.7. The monoisotopic (exact) mass is 365 g/mol. The predicted octanol–water partition coefficient (Wildman–Crippen LogP) is 0.492. The number of hydrogen-bond donors (Lipinski definition) is 1. The van der Waals surface area contributed by atoms with Crippen LogP contribution >= 0.6 is 0 Å². The number of ether oxygens (including phenoxy) is 1. The van der Waals surface area contributed by atoms with E-state index in [2.05, 4.69) is 16.8 Å². The van der Waals surface area contributed by atoms with Gasteiger partial charge in [-0.05, 0) is 30.3 Å². The van der Waals surface area contributed by atoms with E-state index >= 15 is 0 Å². The number of fused-ring (bicyclic) bond motifs is 1. The van der Waals surface area contributed by atoms with Crippen LogP contribution in [-0.2, 0) is 6.54 Å². The van der Waals surface area contributed by atoms with Gasteiger partial charge in [-0.25, -0.2) is 0 Å². The molecule has 1 aromatic carbocycles. The lowest BCUT2D eigenvalue weighted by molar-refractivity contribution is -0.918. The van der Waals surface area contributed by atoms with Gasteiger partial charge < -0.3 is 14.7 Å². The van der Waals surface area contributed by atoms with Crippen LogP contribution in [0.15, 0.2) is 42.4 Å². The highest BCUT2D eigenvalue weighted by atomic mass is 16.5. The molecule has 27 heavy (non-hydrogen) atoms. The van der Waals surface area contributed by atoms with E-state index in [-0.39, 0.29) is 17.3 Å². The Morgan fingerprint density at radius 1 is 1.30 bits per heavy atom. The van der Waals surface area contributed by atoms with Crippen LogP contribution in [-0.4, -0.2) is 48.4 Å². The number of ketones is 1. The molecule has 0 unspecified atom stereocenters. The molecule has 1 fully saturated rings. The highest BCUT2D eigenvalue weighted by Crippen LogP contribution is 2.38. The van der Waals surface area contributed by atoms with Crippen molar-refractivity contribution in [3.63, 3.8) is 0 Å². The topological polar surface area (TPSA) is 69.9 Å². The first-order valence-corrected chi connectivity index (χ1v) is 9.38. The van der Waals surface area contributed by atoms with Gasteiger partial charge in [-0.3, -0.25) is 14.7 Å². The maximum Gasteiger partial charge on any atom is 0.231 e. The molecule has 0 saturated carbocycles. The second kappa shape index (κ2) is 7.50. The third-order valence-electron chi connectivity index (χ3n) is 5.32. The van der Waals surface area contributed by atoms with Crippen LogP contribution in [0.25, 0.3) is 6.08 Å². The summed E-state index contributed by atoms with van der Waals surface area (Å²) in [5.41, 5.74) is 1.88. The van der Waals surface area contributed by atoms with Crippen molar-refractivity contribution in [2.45, 2.75) is 13.5 Å². The van der Waals surface area contributed by atoms with E-state index in [1.54, 1.807) is 30.6 Å². The molecule has 1 N–H and O–H groups in total. The first kappa shape index (κ1) is 17.7. The summed E-state index contributed by atoms with van der Waals surface area (Å²) in [5.74, 6) is 0.444. The van der Waals surface area contributed by atoms with E-state index in [0.29, 0.717) is 23.4 Å². The number of allylic oxidation sites excluding steroid dienone is 1. The van der Waals surface area contributed by atoms with Crippen molar-refractivity contribution in [2.24, 2.45) is 0 Å². The molecule has 3 heterocycles. The molecule has 6 nitrogen and oxygen atoms in total. The third kappa shape index (κ3) is 3.59. The van der Waals surface area contributed by atoms with Crippen molar-refractivity contribution < 1.29 is 19.5 Å². The Morgan fingerprint density at radius 3 is 2.81 bits per heavy atom. The summed E-state index contributed by atoms with van der Waals surface area (Å²) in [6.07, 6.45) is 5.03. The fraction of sp³-hybridized carbons (Fsp3) is 0.333. The number of nitrogens with one attached hydrogen (secondary N) is 1. The number of Topliss-reactive ketones (excluding diaryl/α,β-unsaturated/α-hetero) is 1. The number of carbonyl (C=O) groups excluding carboxylic acids is 1. The average molecular weight is 365 g/mol. The van der Waals surface area contributed by atoms with Crippen molar-refractivity contribution in [1.29, 1.82) is 0 Å². The van der Waals surface area contributed by atoms with Crippen LogP contribution < -0.4 is 14.7 Å². The molecule has 6 heteroatoms. The molecule has 4 rings (SSSR count). The molecule has 2 aromatic rings. The van der Waals surface area contributed by atoms with E-state index in [9.17, 15) is 9.90 Å². The Balaban J connectivity index is 1.59. The fourth-order valence-electron chi connectivity index (χ4n) is 3.68. The molecule has 1 aromatic heterocycles. The number of pyridine rings is 1. The van der Waals surface area contributed by atoms with Crippen molar-refractivity contribution in [3.8, 4) is 11.5 Å². The minimum atomic E-state index is -0.180. The largest absolute Gasteiger partial charge is 0.872 e. The first-order chi connectivity index (χ1) is 13.2. The Hall–Kier alpha value is -2.70. The van der Waals surface area contributed by atoms with Gasteiger partial charge in [0.05, 0.1) is 18.7 Å². The number of nitrogens with zero attached hydrogens (tertiary/aromatic N) is 2. The van der Waals surface area contributed by atoms with Gasteiger partial charge >= 0.3 is 0 Å². The lowest BCUT2D eigenvalue weighted by Crippen LogP contribution is -3.13. The number of benzene rings is 1. The second-order valence-electron chi connectivity index (χ2n) is 7.01. The number of hydrogen-bond acceptors (Lipinski definition) is 5. The van der Waals surface area contributed by atoms with Gasteiger partial charge in [0, 0.05) is 31.0 Å². The lowest BCUT2D eigenvalue weighted by Gasteiger charge is -2.32. The number of carbonyl (C=O) groups is 1. The molecule has 2 aliphatic rings. The van der Waals surface area contributed by atoms with E-state index in [0.717, 1.165) is 38.3 Å². The summed E-state index contributed by atoms with van der Waals surface area (Å²) in [4.78, 5) is 20.5. The van der Waals surface area contributed by atoms with Crippen LogP contribution in [0.5, 0.6) is 11.5 Å². The molecular formula is C21H23N3O3. The van der Waals surface area contributed by atoms with Crippen LogP contribution in [0.1, 0.15) is 28.4 Å². The van der Waals surface area contributed by atoms with Crippen LogP contribution in [0.3, 0.4) is 0 Å². The Bertz CT molecular complexity index is 872. The van der Waals surface area contributed by atoms with Crippen LogP contribution in [0, 0.1) is 0 Å². The molecule has 2 aliphatic heterocycles. The van der Waals surface area contributed by atoms with Crippen molar-refractivity contribution in [3.05, 3.63) is 59.1 Å². The van der Waals surface area contributed by atoms with E-state index in [1.807, 2.05) is 6.07 Å². The normalized spacial score (nSPS) is 19.3. The standard InChI is InChI=1S/C21H23N3O3/c1-2-23-8-10-24(11-9-23)14-17-18(25)6-5-16-20(26)19(27-21(16)17)12-15-4-3-7-22-13-15/h3-7,12-13,25H,2,8-11,14H2,1H3/b19-12-. The minimum Gasteiger partial charge on any atom is -0.872 e. The minimum absolute atomic E-state index is 0.0606. The smallest absolute Gasteiger partial charge is 0.231 e. The predicted molar refractivity (Wildman–Crippen MR) is 99.6 cm³/mol. The molecular weight excluding hydrogens is 342 g/mol. The van der Waals surface area contributed by atoms with Crippen LogP contribution in [0.4, 0.5) is 0 Å². The SMILES string of the molecule is CCN1CC[NH+](Cc2c([O-])ccc3c2O/C(=C\c2cccnc2)C3=O)CC1. The Kier molecular flexibility index (Phi) is 4.92. The number of rotatable bonds is 4. The van der Waals surface area contributed by atoms with Gasteiger partial charge in [-0.15, -0.1) is 0 Å². The van der Waals surface area contributed by atoms with E-state index < -0.39 is 0 Å². The number of piperazine rings is 1. The molecule has 0 spiro atoms. The lowest BCUT2D eigenvalue weighted by atomic mass is 10.0. The molecule has 0 atom stereocenters. The molecule has 140 valence electrons. The van der Waals surface area contributed by atoms with Gasteiger partial charge in [-0.1, -0.05) is 24.8 Å². The van der Waals surface area contributed by atoms with Gasteiger partial charge in [0.25, 0.3) is 0 Å². The fourth-order valence-corrected chi connectivity index (χ4v) is 3.68. The molecule has 0 radical (unpaired) electrons. The van der Waals surface area contributed by atoms with Gasteiger partial charge in [0.2, 0.25) is 5.78 Å². The molecule has 0 amide bonds. The highest BCUT2D eigenvalue weighted by molar-refractivity contribution is 6.14.